The van der Waals surface area contributed by atoms with Gasteiger partial charge in [-0.25, -0.2) is 0 Å². The topological polar surface area (TPSA) is 0 Å². The largest absolute Gasteiger partial charge is 0.134 e. The molecule has 0 aliphatic rings. The molecule has 0 atom stereocenters. The highest BCUT2D eigenvalue weighted by molar-refractivity contribution is 7.23. The van der Waals surface area contributed by atoms with Crippen molar-refractivity contribution < 1.29 is 0 Å². The SMILES string of the molecule is Clc1c(-c2cc3ccccc3c3ccccc23)sc2ccccc12. The van der Waals surface area contributed by atoms with Crippen LogP contribution in [0.15, 0.2) is 78.9 Å². The van der Waals surface area contributed by atoms with E-state index in [-0.39, 0.29) is 0 Å². The van der Waals surface area contributed by atoms with Crippen LogP contribution in [0, 0.1) is 0 Å². The molecule has 0 N–H and O–H groups in total. The monoisotopic (exact) mass is 344 g/mol. The lowest BCUT2D eigenvalue weighted by Gasteiger charge is -2.10. The van der Waals surface area contributed by atoms with Crippen molar-refractivity contribution in [1.82, 2.24) is 0 Å². The number of fused-ring (bicyclic) bond motifs is 4. The molecule has 0 unspecified atom stereocenters. The Morgan fingerprint density at radius 1 is 0.625 bits per heavy atom. The molecule has 114 valence electrons. The van der Waals surface area contributed by atoms with Crippen LogP contribution in [0.3, 0.4) is 0 Å². The zero-order valence-corrected chi connectivity index (χ0v) is 14.4. The van der Waals surface area contributed by atoms with Gasteiger partial charge in [-0.2, -0.15) is 0 Å². The van der Waals surface area contributed by atoms with Crippen LogP contribution in [0.4, 0.5) is 0 Å². The maximum absolute atomic E-state index is 6.75. The second-order valence-corrected chi connectivity index (χ2v) is 7.36. The fourth-order valence-electron chi connectivity index (χ4n) is 3.43. The number of benzene rings is 4. The van der Waals surface area contributed by atoms with Crippen molar-refractivity contribution in [2.75, 3.05) is 0 Å². The van der Waals surface area contributed by atoms with E-state index in [0.717, 1.165) is 15.3 Å². The lowest BCUT2D eigenvalue weighted by atomic mass is 9.96. The zero-order chi connectivity index (χ0) is 16.1. The third-order valence-electron chi connectivity index (χ3n) is 4.55. The number of hydrogen-bond acceptors (Lipinski definition) is 1. The van der Waals surface area contributed by atoms with Gasteiger partial charge >= 0.3 is 0 Å². The zero-order valence-electron chi connectivity index (χ0n) is 12.8. The fraction of sp³-hybridized carbons (Fsp3) is 0. The Labute approximate surface area is 148 Å². The van der Waals surface area contributed by atoms with Crippen LogP contribution < -0.4 is 0 Å². The van der Waals surface area contributed by atoms with E-state index in [1.807, 2.05) is 6.07 Å². The molecule has 5 aromatic rings. The molecule has 0 aliphatic heterocycles. The predicted molar refractivity (Wildman–Crippen MR) is 107 cm³/mol. The van der Waals surface area contributed by atoms with E-state index in [9.17, 15) is 0 Å². The number of halogens is 1. The van der Waals surface area contributed by atoms with E-state index in [4.69, 9.17) is 11.6 Å². The minimum atomic E-state index is 0.857. The van der Waals surface area contributed by atoms with Crippen LogP contribution >= 0.6 is 22.9 Å². The summed E-state index contributed by atoms with van der Waals surface area (Å²) in [6, 6.07) is 27.8. The first-order chi connectivity index (χ1) is 11.8. The fourth-order valence-corrected chi connectivity index (χ4v) is 4.99. The van der Waals surface area contributed by atoms with Crippen LogP contribution in [0.5, 0.6) is 0 Å². The van der Waals surface area contributed by atoms with E-state index in [1.165, 1.54) is 31.8 Å². The molecule has 0 amide bonds. The van der Waals surface area contributed by atoms with Crippen molar-refractivity contribution in [3.63, 3.8) is 0 Å². The standard InChI is InChI=1S/C22H13ClS/c23-21-18-11-5-6-12-20(18)24-22(21)19-13-14-7-1-2-8-15(14)16-9-3-4-10-17(16)19/h1-13H. The maximum atomic E-state index is 6.75. The molecular formula is C22H13ClS. The number of rotatable bonds is 1. The molecule has 0 spiro atoms. The summed E-state index contributed by atoms with van der Waals surface area (Å²) in [5.41, 5.74) is 1.22. The van der Waals surface area contributed by atoms with Crippen LogP contribution in [0.2, 0.25) is 5.02 Å². The Morgan fingerprint density at radius 3 is 2.04 bits per heavy atom. The maximum Gasteiger partial charge on any atom is 0.0671 e. The second kappa shape index (κ2) is 5.34. The summed E-state index contributed by atoms with van der Waals surface area (Å²) in [6.07, 6.45) is 0. The highest BCUT2D eigenvalue weighted by Gasteiger charge is 2.15. The Morgan fingerprint density at radius 2 is 1.25 bits per heavy atom. The van der Waals surface area contributed by atoms with Gasteiger partial charge in [0.1, 0.15) is 0 Å². The van der Waals surface area contributed by atoms with Gasteiger partial charge in [0.25, 0.3) is 0 Å². The Kier molecular flexibility index (Phi) is 3.12. The van der Waals surface area contributed by atoms with Gasteiger partial charge in [0.2, 0.25) is 0 Å². The van der Waals surface area contributed by atoms with Crippen molar-refractivity contribution >= 4 is 54.6 Å². The summed E-state index contributed by atoms with van der Waals surface area (Å²) in [5, 5.41) is 7.06. The molecular weight excluding hydrogens is 332 g/mol. The van der Waals surface area contributed by atoms with Gasteiger partial charge in [0.15, 0.2) is 0 Å². The van der Waals surface area contributed by atoms with Gasteiger partial charge in [0.05, 0.1) is 9.90 Å². The molecule has 0 nitrogen and oxygen atoms in total. The molecule has 5 rings (SSSR count). The molecule has 0 aliphatic carbocycles. The van der Waals surface area contributed by atoms with Crippen molar-refractivity contribution in [2.24, 2.45) is 0 Å². The van der Waals surface area contributed by atoms with Crippen LogP contribution in [-0.4, -0.2) is 0 Å². The van der Waals surface area contributed by atoms with E-state index in [2.05, 4.69) is 72.8 Å². The summed E-state index contributed by atoms with van der Waals surface area (Å²) in [6.45, 7) is 0. The highest BCUT2D eigenvalue weighted by atomic mass is 35.5. The Balaban J connectivity index is 1.95. The van der Waals surface area contributed by atoms with Gasteiger partial charge in [-0.3, -0.25) is 0 Å². The number of thiophene rings is 1. The van der Waals surface area contributed by atoms with Crippen molar-refractivity contribution in [3.05, 3.63) is 83.9 Å². The molecule has 0 saturated carbocycles. The van der Waals surface area contributed by atoms with Gasteiger partial charge < -0.3 is 0 Å². The Hall–Kier alpha value is -2.35. The normalized spacial score (nSPS) is 11.5. The third kappa shape index (κ3) is 1.99. The first-order valence-electron chi connectivity index (χ1n) is 7.91. The average molecular weight is 345 g/mol. The van der Waals surface area contributed by atoms with Gasteiger partial charge in [-0.05, 0) is 33.7 Å². The number of hydrogen-bond donors (Lipinski definition) is 0. The molecule has 0 radical (unpaired) electrons. The second-order valence-electron chi connectivity index (χ2n) is 5.93. The molecule has 0 fully saturated rings. The van der Waals surface area contributed by atoms with Gasteiger partial charge in [-0.15, -0.1) is 11.3 Å². The molecule has 0 bridgehead atoms. The van der Waals surface area contributed by atoms with Gasteiger partial charge in [0, 0.05) is 15.6 Å². The van der Waals surface area contributed by atoms with Crippen molar-refractivity contribution in [2.45, 2.75) is 0 Å². The van der Waals surface area contributed by atoms with E-state index < -0.39 is 0 Å². The molecule has 4 aromatic carbocycles. The summed E-state index contributed by atoms with van der Waals surface area (Å²) >= 11 is 8.52. The Bertz CT molecular complexity index is 1220. The van der Waals surface area contributed by atoms with Crippen LogP contribution in [0.1, 0.15) is 0 Å². The van der Waals surface area contributed by atoms with E-state index in [1.54, 1.807) is 11.3 Å². The summed E-state index contributed by atoms with van der Waals surface area (Å²) in [7, 11) is 0. The summed E-state index contributed by atoms with van der Waals surface area (Å²) in [5.74, 6) is 0. The smallest absolute Gasteiger partial charge is 0.0671 e. The van der Waals surface area contributed by atoms with Crippen molar-refractivity contribution in [3.8, 4) is 10.4 Å². The minimum Gasteiger partial charge on any atom is -0.134 e. The minimum absolute atomic E-state index is 0.857. The molecule has 24 heavy (non-hydrogen) atoms. The first-order valence-corrected chi connectivity index (χ1v) is 9.10. The van der Waals surface area contributed by atoms with Crippen LogP contribution in [0.25, 0.3) is 42.1 Å². The van der Waals surface area contributed by atoms with Gasteiger partial charge in [-0.1, -0.05) is 78.3 Å². The molecule has 1 aromatic heterocycles. The average Bonchev–Trinajstić information content (AvgIpc) is 2.98. The third-order valence-corrected chi connectivity index (χ3v) is 6.26. The summed E-state index contributed by atoms with van der Waals surface area (Å²) < 4.78 is 1.23. The predicted octanol–water partition coefficient (Wildman–Crippen LogP) is 7.53. The molecule has 0 saturated heterocycles. The highest BCUT2D eigenvalue weighted by Crippen LogP contribution is 2.45. The quantitative estimate of drug-likeness (QED) is 0.276. The van der Waals surface area contributed by atoms with E-state index in [0.29, 0.717) is 0 Å². The first kappa shape index (κ1) is 14.0. The lowest BCUT2D eigenvalue weighted by molar-refractivity contribution is 1.75. The summed E-state index contributed by atoms with van der Waals surface area (Å²) in [4.78, 5) is 1.15. The molecule has 1 heterocycles. The van der Waals surface area contributed by atoms with Crippen molar-refractivity contribution in [1.29, 1.82) is 0 Å². The lowest BCUT2D eigenvalue weighted by Crippen LogP contribution is -1.82. The van der Waals surface area contributed by atoms with Crippen LogP contribution in [-0.2, 0) is 0 Å². The van der Waals surface area contributed by atoms with E-state index >= 15 is 0 Å². The molecule has 2 heteroatoms.